The summed E-state index contributed by atoms with van der Waals surface area (Å²) < 4.78 is 14.9. The van der Waals surface area contributed by atoms with Gasteiger partial charge in [0.25, 0.3) is 0 Å². The number of nitrogens with zero attached hydrogens (tertiary/aromatic N) is 3. The SMILES string of the molecule is CN1C2CCC1CN(c1ccc(C[C@@H](C#N)CC(=O)[C@H]3N[C@@H]4CC[C@H]3C4)c(F)c1)C2. The number of piperazine rings is 1. The number of anilines is 1. The average molecular weight is 411 g/mol. The summed E-state index contributed by atoms with van der Waals surface area (Å²) in [5.74, 6) is -0.182. The largest absolute Gasteiger partial charge is 0.368 e. The molecule has 4 bridgehead atoms. The number of hydrogen-bond acceptors (Lipinski definition) is 5. The number of nitriles is 1. The molecule has 0 amide bonds. The molecule has 4 aliphatic rings. The number of halogens is 1. The molecule has 30 heavy (non-hydrogen) atoms. The van der Waals surface area contributed by atoms with E-state index in [1.165, 1.54) is 12.8 Å². The second-order valence-corrected chi connectivity index (χ2v) is 9.85. The molecule has 4 fully saturated rings. The van der Waals surface area contributed by atoms with Gasteiger partial charge in [-0.3, -0.25) is 9.69 Å². The van der Waals surface area contributed by atoms with Crippen molar-refractivity contribution >= 4 is 11.5 Å². The van der Waals surface area contributed by atoms with Crippen molar-refractivity contribution in [3.05, 3.63) is 29.6 Å². The Morgan fingerprint density at radius 3 is 2.63 bits per heavy atom. The van der Waals surface area contributed by atoms with Crippen LogP contribution in [0.25, 0.3) is 0 Å². The van der Waals surface area contributed by atoms with Gasteiger partial charge in [-0.25, -0.2) is 4.39 Å². The molecule has 1 aromatic carbocycles. The second kappa shape index (κ2) is 7.94. The lowest BCUT2D eigenvalue weighted by atomic mass is 9.88. The number of fused-ring (bicyclic) bond motifs is 4. The predicted octanol–water partition coefficient (Wildman–Crippen LogP) is 2.89. The second-order valence-electron chi connectivity index (χ2n) is 9.85. The van der Waals surface area contributed by atoms with E-state index in [1.807, 2.05) is 12.1 Å². The number of hydrogen-bond donors (Lipinski definition) is 1. The highest BCUT2D eigenvalue weighted by molar-refractivity contribution is 5.85. The minimum absolute atomic E-state index is 0.0978. The maximum atomic E-state index is 14.9. The fourth-order valence-electron chi connectivity index (χ4n) is 6.24. The normalized spacial score (nSPS) is 33.6. The third-order valence-corrected chi connectivity index (χ3v) is 8.05. The van der Waals surface area contributed by atoms with Crippen molar-refractivity contribution in [2.75, 3.05) is 25.0 Å². The van der Waals surface area contributed by atoms with Gasteiger partial charge in [-0.2, -0.15) is 5.26 Å². The van der Waals surface area contributed by atoms with E-state index in [-0.39, 0.29) is 24.1 Å². The number of nitrogens with one attached hydrogen (secondary N) is 1. The van der Waals surface area contributed by atoms with Crippen LogP contribution in [0.15, 0.2) is 18.2 Å². The first kappa shape index (κ1) is 20.0. The Balaban J connectivity index is 1.22. The van der Waals surface area contributed by atoms with Crippen molar-refractivity contribution in [2.45, 2.75) is 69.1 Å². The van der Waals surface area contributed by atoms with Crippen LogP contribution >= 0.6 is 0 Å². The molecular weight excluding hydrogens is 379 g/mol. The van der Waals surface area contributed by atoms with Crippen molar-refractivity contribution in [1.29, 1.82) is 5.26 Å². The van der Waals surface area contributed by atoms with Gasteiger partial charge in [0.2, 0.25) is 0 Å². The van der Waals surface area contributed by atoms with Crippen LogP contribution in [0.5, 0.6) is 0 Å². The zero-order chi connectivity index (χ0) is 20.8. The maximum absolute atomic E-state index is 14.9. The summed E-state index contributed by atoms with van der Waals surface area (Å²) >= 11 is 0. The van der Waals surface area contributed by atoms with Gasteiger partial charge in [0.1, 0.15) is 5.82 Å². The molecule has 0 aromatic heterocycles. The molecule has 3 saturated heterocycles. The van der Waals surface area contributed by atoms with Crippen molar-refractivity contribution in [1.82, 2.24) is 10.2 Å². The third kappa shape index (κ3) is 3.63. The van der Waals surface area contributed by atoms with Gasteiger partial charge in [-0.1, -0.05) is 6.07 Å². The van der Waals surface area contributed by atoms with Crippen LogP contribution in [0, 0.1) is 29.0 Å². The molecule has 160 valence electrons. The fraction of sp³-hybridized carbons (Fsp3) is 0.667. The highest BCUT2D eigenvalue weighted by atomic mass is 19.1. The van der Waals surface area contributed by atoms with Gasteiger partial charge in [0.05, 0.1) is 18.0 Å². The molecule has 6 atom stereocenters. The van der Waals surface area contributed by atoms with Crippen molar-refractivity contribution < 1.29 is 9.18 Å². The van der Waals surface area contributed by atoms with Gasteiger partial charge in [-0.15, -0.1) is 0 Å². The number of carbonyl (C=O) groups excluding carboxylic acids is 1. The molecule has 5 nitrogen and oxygen atoms in total. The van der Waals surface area contributed by atoms with Crippen LogP contribution in [-0.4, -0.2) is 55.0 Å². The number of carbonyl (C=O) groups is 1. The van der Waals surface area contributed by atoms with E-state index >= 15 is 0 Å². The van der Waals surface area contributed by atoms with Gasteiger partial charge in [0.15, 0.2) is 5.78 Å². The van der Waals surface area contributed by atoms with Crippen LogP contribution in [0.1, 0.15) is 44.1 Å². The zero-order valence-electron chi connectivity index (χ0n) is 17.7. The highest BCUT2D eigenvalue weighted by Gasteiger charge is 2.42. The Morgan fingerprint density at radius 2 is 2.03 bits per heavy atom. The first-order valence-electron chi connectivity index (χ1n) is 11.5. The first-order valence-corrected chi connectivity index (χ1v) is 11.5. The van der Waals surface area contributed by atoms with Gasteiger partial charge >= 0.3 is 0 Å². The van der Waals surface area contributed by atoms with E-state index in [1.54, 1.807) is 6.07 Å². The Kier molecular flexibility index (Phi) is 5.28. The summed E-state index contributed by atoms with van der Waals surface area (Å²) in [5.41, 5.74) is 1.47. The van der Waals surface area contributed by atoms with Crippen LogP contribution < -0.4 is 10.2 Å². The van der Waals surface area contributed by atoms with Crippen molar-refractivity contribution in [3.8, 4) is 6.07 Å². The summed E-state index contributed by atoms with van der Waals surface area (Å²) in [6.45, 7) is 1.88. The molecule has 1 saturated carbocycles. The van der Waals surface area contributed by atoms with E-state index in [2.05, 4.69) is 28.2 Å². The molecular formula is C24H31FN4O. The van der Waals surface area contributed by atoms with Crippen LogP contribution in [0.2, 0.25) is 0 Å². The smallest absolute Gasteiger partial charge is 0.151 e. The standard InChI is InChI=1S/C24H31FN4O/c1-28-20-6-7-21(28)14-29(13-20)19-5-3-16(22(25)11-19)8-15(12-26)9-23(30)24-17-2-4-18(10-17)27-24/h3,5,11,15,17-18,20-21,24,27H,2,4,6-10,13-14H2,1H3/t15-,17+,18-,20?,21?,24+/m1/s1. The number of ketones is 1. The lowest BCUT2D eigenvalue weighted by Gasteiger charge is -2.40. The molecule has 3 heterocycles. The van der Waals surface area contributed by atoms with E-state index < -0.39 is 5.92 Å². The number of likely N-dealkylation sites (N-methyl/N-ethyl adjacent to an activating group) is 1. The summed E-state index contributed by atoms with van der Waals surface area (Å²) in [6.07, 6.45) is 6.28. The Morgan fingerprint density at radius 1 is 1.27 bits per heavy atom. The zero-order valence-corrected chi connectivity index (χ0v) is 17.7. The number of piperidine rings is 1. The van der Waals surface area contributed by atoms with E-state index in [4.69, 9.17) is 0 Å². The summed E-state index contributed by atoms with van der Waals surface area (Å²) in [7, 11) is 2.19. The lowest BCUT2D eigenvalue weighted by molar-refractivity contribution is -0.122. The summed E-state index contributed by atoms with van der Waals surface area (Å²) in [4.78, 5) is 17.5. The average Bonchev–Trinajstić information content (AvgIpc) is 3.41. The predicted molar refractivity (Wildman–Crippen MR) is 114 cm³/mol. The molecule has 3 aliphatic heterocycles. The lowest BCUT2D eigenvalue weighted by Crippen LogP contribution is -2.52. The minimum Gasteiger partial charge on any atom is -0.368 e. The maximum Gasteiger partial charge on any atom is 0.151 e. The summed E-state index contributed by atoms with van der Waals surface area (Å²) in [5, 5.41) is 13.0. The number of Topliss-reactive ketones (excluding diaryl/α,β-unsaturated/α-hetero) is 1. The van der Waals surface area contributed by atoms with Gasteiger partial charge in [-0.05, 0) is 69.2 Å². The van der Waals surface area contributed by atoms with E-state index in [0.717, 1.165) is 38.0 Å². The fourth-order valence-corrected chi connectivity index (χ4v) is 6.24. The highest BCUT2D eigenvalue weighted by Crippen LogP contribution is 2.36. The van der Waals surface area contributed by atoms with Crippen molar-refractivity contribution in [3.63, 3.8) is 0 Å². The monoisotopic (exact) mass is 410 g/mol. The Hall–Kier alpha value is -1.97. The van der Waals surface area contributed by atoms with Crippen LogP contribution in [0.3, 0.4) is 0 Å². The van der Waals surface area contributed by atoms with Crippen molar-refractivity contribution in [2.24, 2.45) is 11.8 Å². The number of benzene rings is 1. The van der Waals surface area contributed by atoms with E-state index in [9.17, 15) is 14.4 Å². The molecule has 1 N–H and O–H groups in total. The van der Waals surface area contributed by atoms with Crippen LogP contribution in [0.4, 0.5) is 10.1 Å². The Bertz CT molecular complexity index is 853. The minimum atomic E-state index is -0.474. The first-order chi connectivity index (χ1) is 14.5. The molecule has 0 spiro atoms. The van der Waals surface area contributed by atoms with Gasteiger partial charge < -0.3 is 10.2 Å². The molecule has 1 aliphatic carbocycles. The van der Waals surface area contributed by atoms with E-state index in [0.29, 0.717) is 36.0 Å². The molecule has 1 aromatic rings. The molecule has 6 heteroatoms. The third-order valence-electron chi connectivity index (χ3n) is 8.05. The topological polar surface area (TPSA) is 59.4 Å². The van der Waals surface area contributed by atoms with Crippen LogP contribution in [-0.2, 0) is 11.2 Å². The molecule has 0 radical (unpaired) electrons. The molecule has 5 rings (SSSR count). The molecule has 2 unspecified atom stereocenters. The quantitative estimate of drug-likeness (QED) is 0.782. The Labute approximate surface area is 178 Å². The van der Waals surface area contributed by atoms with Gasteiger partial charge in [0, 0.05) is 43.3 Å². The summed E-state index contributed by atoms with van der Waals surface area (Å²) in [6, 6.07) is 9.15. The number of rotatable bonds is 6.